The van der Waals surface area contributed by atoms with Gasteiger partial charge in [0.05, 0.1) is 87.1 Å². The average molecular weight is 1870 g/mol. The number of fused-ring (bicyclic) bond motifs is 2. The van der Waals surface area contributed by atoms with E-state index in [2.05, 4.69) is 24.7 Å². The number of carboxylic acids is 1. The predicted octanol–water partition coefficient (Wildman–Crippen LogP) is 24.5. The van der Waals surface area contributed by atoms with E-state index >= 15 is 0 Å². The number of benzene rings is 10. The van der Waals surface area contributed by atoms with Crippen LogP contribution in [0.2, 0.25) is 55.2 Å². The molecule has 0 aliphatic rings. The number of aromatic nitrogens is 4. The molecule has 10 aromatic carbocycles. The second-order valence-electron chi connectivity index (χ2n) is 22.1. The number of aliphatic hydroxyl groups excluding tert-OH is 1. The first-order valence-corrected chi connectivity index (χ1v) is 37.3. The summed E-state index contributed by atoms with van der Waals surface area (Å²) in [6.45, 7) is 1.40. The number of nitro benzene ring substituents is 2. The summed E-state index contributed by atoms with van der Waals surface area (Å²) in [6.07, 6.45) is 0. The van der Waals surface area contributed by atoms with E-state index < -0.39 is 23.4 Å². The molecule has 590 valence electrons. The number of hydrogen-bond acceptors (Lipinski definition) is 18. The molecule has 0 bridgehead atoms. The Hall–Kier alpha value is -7.83. The van der Waals surface area contributed by atoms with E-state index in [9.17, 15) is 25.0 Å². The molecule has 0 saturated heterocycles. The molecular weight excluding hydrogens is 1810 g/mol. The summed E-state index contributed by atoms with van der Waals surface area (Å²) in [6, 6.07) is 50.9. The summed E-state index contributed by atoms with van der Waals surface area (Å²) in [5.41, 5.74) is 29.6. The molecule has 13 N–H and O–H groups in total. The van der Waals surface area contributed by atoms with E-state index in [0.717, 1.165) is 33.9 Å². The number of rotatable bonds is 16. The summed E-state index contributed by atoms with van der Waals surface area (Å²) < 4.78 is 23.4. The molecule has 0 aliphatic heterocycles. The van der Waals surface area contributed by atoms with Crippen molar-refractivity contribution in [2.75, 3.05) is 30.0 Å². The summed E-state index contributed by atoms with van der Waals surface area (Å²) in [5, 5.41) is 50.4. The van der Waals surface area contributed by atoms with Crippen molar-refractivity contribution in [3.63, 3.8) is 0 Å². The van der Waals surface area contributed by atoms with Crippen LogP contribution >= 0.6 is 197 Å². The lowest BCUT2D eigenvalue weighted by molar-refractivity contribution is -0.384. The Balaban J connectivity index is 0.000000209. The Labute approximate surface area is 723 Å². The number of nitro groups is 2. The van der Waals surface area contributed by atoms with Crippen LogP contribution in [-0.2, 0) is 41.6 Å². The maximum atomic E-state index is 10.9. The zero-order valence-corrected chi connectivity index (χ0v) is 69.7. The van der Waals surface area contributed by atoms with Crippen LogP contribution in [0.15, 0.2) is 182 Å². The first-order valence-electron chi connectivity index (χ1n) is 30.9. The lowest BCUT2D eigenvalue weighted by Crippen LogP contribution is -2.18. The topological polar surface area (TPSA) is 375 Å². The number of aromatic amines is 2. The fourth-order valence-electron chi connectivity index (χ4n) is 8.38. The van der Waals surface area contributed by atoms with E-state index in [1.165, 1.54) is 25.3 Å². The van der Waals surface area contributed by atoms with Crippen molar-refractivity contribution in [2.45, 2.75) is 40.6 Å². The van der Waals surface area contributed by atoms with Crippen molar-refractivity contribution < 1.29 is 48.5 Å². The molecule has 12 rings (SSSR count). The van der Waals surface area contributed by atoms with Gasteiger partial charge in [-0.15, -0.1) is 0 Å². The Kier molecular flexibility index (Phi) is 36.7. The van der Waals surface area contributed by atoms with Crippen LogP contribution in [0, 0.1) is 25.6 Å². The fraction of sp³-hybridized carbons (Fsp3) is 0.111. The third kappa shape index (κ3) is 30.2. The second-order valence-corrected chi connectivity index (χ2v) is 31.3. The zero-order valence-electron chi connectivity index (χ0n) is 56.9. The first kappa shape index (κ1) is 93.0. The van der Waals surface area contributed by atoms with Crippen LogP contribution in [0.4, 0.5) is 34.1 Å². The van der Waals surface area contributed by atoms with Gasteiger partial charge in [-0.25, -0.2) is 14.8 Å². The number of halogens is 17. The first-order chi connectivity index (χ1) is 52.7. The Morgan fingerprint density at radius 2 is 0.732 bits per heavy atom. The molecule has 0 atom stereocenters. The number of nitrogens with zero attached hydrogens (tertiary/aromatic N) is 4. The minimum atomic E-state index is -1.71. The van der Waals surface area contributed by atoms with Crippen molar-refractivity contribution in [1.29, 1.82) is 5.41 Å². The number of nitrogens with two attached hydrogens (primary N) is 4. The van der Waals surface area contributed by atoms with Crippen LogP contribution in [0.1, 0.15) is 44.3 Å². The molecule has 0 radical (unpaired) electrons. The Morgan fingerprint density at radius 3 is 1.07 bits per heavy atom. The number of methoxy groups -OCH3 is 1. The van der Waals surface area contributed by atoms with Gasteiger partial charge in [-0.2, -0.15) is 0 Å². The molecule has 23 nitrogen and oxygen atoms in total. The van der Waals surface area contributed by atoms with Gasteiger partial charge in [0.1, 0.15) is 60.8 Å². The third-order valence-corrected chi connectivity index (χ3v) is 18.2. The largest absolute Gasteiger partial charge is 0.487 e. The minimum Gasteiger partial charge on any atom is -0.487 e. The van der Waals surface area contributed by atoms with Crippen molar-refractivity contribution in [3.8, 4) is 23.0 Å². The fourth-order valence-corrected chi connectivity index (χ4v) is 10.7. The number of aromatic carboxylic acids is 1. The van der Waals surface area contributed by atoms with Crippen molar-refractivity contribution in [3.05, 3.63) is 297 Å². The quantitative estimate of drug-likeness (QED) is 0.0108. The van der Waals surface area contributed by atoms with Crippen LogP contribution in [0.5, 0.6) is 23.0 Å². The summed E-state index contributed by atoms with van der Waals surface area (Å²) >= 11 is 97.2. The highest BCUT2D eigenvalue weighted by molar-refractivity contribution is 6.76. The normalized spacial score (nSPS) is 10.7. The number of carbonyl (C=O) groups is 1. The molecule has 0 amide bonds. The van der Waals surface area contributed by atoms with E-state index in [1.54, 1.807) is 109 Å². The Morgan fingerprint density at radius 1 is 0.438 bits per heavy atom. The molecule has 40 heteroatoms. The number of H-pyrrole nitrogens is 2. The van der Waals surface area contributed by atoms with Gasteiger partial charge >= 0.3 is 5.97 Å². The average Bonchev–Trinajstić information content (AvgIpc) is 1.65. The van der Waals surface area contributed by atoms with Crippen LogP contribution < -0.4 is 41.9 Å². The lowest BCUT2D eigenvalue weighted by Gasteiger charge is -2.10. The number of imidazole rings is 2. The molecule has 112 heavy (non-hydrogen) atoms. The molecule has 0 spiro atoms. The smallest absolute Gasteiger partial charge is 0.371 e. The molecule has 2 heterocycles. The lowest BCUT2D eigenvalue weighted by atomic mass is 10.2. The zero-order chi connectivity index (χ0) is 82.9. The van der Waals surface area contributed by atoms with Crippen LogP contribution in [0.25, 0.3) is 22.1 Å². The van der Waals surface area contributed by atoms with Gasteiger partial charge in [0.25, 0.3) is 15.2 Å². The number of ether oxygens (including phenoxy) is 5. The number of carboxylic acid groups (broad SMARTS) is 1. The van der Waals surface area contributed by atoms with E-state index in [-0.39, 0.29) is 68.6 Å². The van der Waals surface area contributed by atoms with Gasteiger partial charge in [-0.1, -0.05) is 258 Å². The highest BCUT2D eigenvalue weighted by Crippen LogP contribution is 2.40. The van der Waals surface area contributed by atoms with Crippen molar-refractivity contribution >= 4 is 265 Å². The van der Waals surface area contributed by atoms with Crippen LogP contribution in [-0.4, -0.2) is 62.8 Å². The number of alkyl halides is 6. The number of aliphatic hydroxyl groups is 1. The number of hydrogen-bond donors (Lipinski definition) is 9. The van der Waals surface area contributed by atoms with Gasteiger partial charge < -0.3 is 66.8 Å². The standard InChI is InChI=1S/C15H9Cl5N2O.C15H10Cl2N2O3.C13H10Cl2N2O3.C13H12Cl2N2O.C7H7ClO.C6H4Cl2N2O2.C3H4Cl3NO/c16-9-3-1-8(2-4-9)7-23-13-6-12-11(5-10(13)17)21-14(22-12)15(18,19)20;16-9-3-1-8(2-4-9)7-22-13-6-12-11(5-10(13)17)18-14(19-12)15(20)21;14-9-3-1-8(2-4-9)7-20-13-6-11(16)12(17(18)19)5-10(13)15;14-9-3-1-8(2-4-9)7-18-13-6-12(17)11(16)5-10(13)15;8-7-3-1-6(5-9)2-4-7;7-3-1-5(9)6(10(11)12)2-4(3)8;1-8-2(7)3(4,5)6/h1-6H,7H2,(H,21,22);1-6H,7H2,(H,18,19)(H,20,21);1-6H,7,16H2;1-6H,7,16-17H2;1-4,9H,5H2;1-2H,9H2;7H,1H3. The predicted molar refractivity (Wildman–Crippen MR) is 454 cm³/mol. The van der Waals surface area contributed by atoms with Gasteiger partial charge in [-0.05, 0) is 113 Å². The van der Waals surface area contributed by atoms with E-state index in [0.29, 0.717) is 116 Å². The number of nitrogens with one attached hydrogen (secondary N) is 3. The van der Waals surface area contributed by atoms with Gasteiger partial charge in [-0.3, -0.25) is 25.6 Å². The van der Waals surface area contributed by atoms with Crippen molar-refractivity contribution in [2.24, 2.45) is 0 Å². The maximum Gasteiger partial charge on any atom is 0.371 e. The SMILES string of the molecule is COC(=N)C(Cl)(Cl)Cl.Clc1ccc(COc2cc3nc(C(Cl)(Cl)Cl)[nH]c3cc2Cl)cc1.Nc1cc(Cl)c(Cl)cc1[N+](=O)[O-].Nc1cc(Cl)c(OCc2ccc(Cl)cc2)cc1N.Nc1cc(OCc2ccc(Cl)cc2)c(Cl)cc1[N+](=O)[O-].O=C(O)c1nc2cc(OCc3ccc(Cl)cc3)c(Cl)cc2[nH]1.OCc1ccc(Cl)cc1. The van der Waals surface area contributed by atoms with E-state index in [1.807, 2.05) is 48.5 Å². The molecule has 2 aromatic heterocycles. The summed E-state index contributed by atoms with van der Waals surface area (Å²) in [5.74, 6) is 0.329. The molecule has 0 aliphatic carbocycles. The minimum absolute atomic E-state index is 0.00510. The molecule has 0 fully saturated rings. The molecule has 0 saturated carbocycles. The van der Waals surface area contributed by atoms with Crippen LogP contribution in [0.3, 0.4) is 0 Å². The highest BCUT2D eigenvalue weighted by Gasteiger charge is 2.29. The van der Waals surface area contributed by atoms with Crippen molar-refractivity contribution in [1.82, 2.24) is 19.9 Å². The molecule has 0 unspecified atom stereocenters. The monoisotopic (exact) mass is 1860 g/mol. The van der Waals surface area contributed by atoms with Gasteiger partial charge in [0.2, 0.25) is 15.5 Å². The van der Waals surface area contributed by atoms with Gasteiger partial charge in [0, 0.05) is 61.5 Å². The third-order valence-electron chi connectivity index (χ3n) is 14.0. The van der Waals surface area contributed by atoms with E-state index in [4.69, 9.17) is 255 Å². The summed E-state index contributed by atoms with van der Waals surface area (Å²) in [7, 11) is 1.27. The highest BCUT2D eigenvalue weighted by atomic mass is 35.6. The second kappa shape index (κ2) is 44.2. The molecule has 12 aromatic rings. The summed E-state index contributed by atoms with van der Waals surface area (Å²) in [4.78, 5) is 44.5. The Bertz CT molecular complexity index is 5200. The number of nitrogen functional groups attached to an aromatic ring is 4. The van der Waals surface area contributed by atoms with Gasteiger partial charge in [0.15, 0.2) is 5.82 Å². The molecular formula is C72H56Cl17N11O12. The maximum absolute atomic E-state index is 10.9. The number of anilines is 4.